The summed E-state index contributed by atoms with van der Waals surface area (Å²) in [5, 5.41) is 28.7. The molecule has 5 aromatic rings. The molecule has 2 aromatic carbocycles. The largest absolute Gasteiger partial charge is 0.496 e. The SMILES string of the molecule is COc1ccccc1Cn1cc(CCNc2ncnc3c2ncn3C2O[C@H](C(=O)NC3CC3)[C@@H](O)[C@H]2O)c2ccccc21. The third-order valence-electron chi connectivity index (χ3n) is 8.14. The normalized spacial score (nSPS) is 21.8. The minimum atomic E-state index is -1.37. The van der Waals surface area contributed by atoms with E-state index in [2.05, 4.69) is 54.5 Å². The van der Waals surface area contributed by atoms with Crippen LogP contribution >= 0.6 is 0 Å². The molecule has 1 saturated carbocycles. The van der Waals surface area contributed by atoms with Gasteiger partial charge in [-0.2, -0.15) is 0 Å². The summed E-state index contributed by atoms with van der Waals surface area (Å²) >= 11 is 0. The zero-order valence-electron chi connectivity index (χ0n) is 23.6. The standard InChI is InChI=1S/C31H33N7O5/c1-42-23-9-5-2-6-19(23)15-37-14-18(21-7-3-4-8-22(21)37)12-13-32-28-24-29(34-16-33-28)38(17-35-24)31-26(40)25(39)27(43-31)30(41)36-20-10-11-20/h2-9,14,16-17,20,25-27,31,39-40H,10-13,15H2,1H3,(H,36,41)(H,32,33,34)/t25-,26+,27-,31?/m0/s1. The highest BCUT2D eigenvalue weighted by Gasteiger charge is 2.48. The van der Waals surface area contributed by atoms with Crippen molar-refractivity contribution in [2.45, 2.75) is 56.4 Å². The van der Waals surface area contributed by atoms with Gasteiger partial charge in [-0.1, -0.05) is 36.4 Å². The Morgan fingerprint density at radius 3 is 2.70 bits per heavy atom. The average molecular weight is 584 g/mol. The first-order valence-electron chi connectivity index (χ1n) is 14.4. The second-order valence-corrected chi connectivity index (χ2v) is 11.0. The number of hydrogen-bond donors (Lipinski definition) is 4. The summed E-state index contributed by atoms with van der Waals surface area (Å²) < 4.78 is 15.2. The van der Waals surface area contributed by atoms with E-state index in [0.29, 0.717) is 30.1 Å². The van der Waals surface area contributed by atoms with Crippen molar-refractivity contribution >= 4 is 33.8 Å². The van der Waals surface area contributed by atoms with Gasteiger partial charge in [0.25, 0.3) is 5.91 Å². The lowest BCUT2D eigenvalue weighted by molar-refractivity contribution is -0.137. The van der Waals surface area contributed by atoms with E-state index in [1.807, 2.05) is 30.3 Å². The lowest BCUT2D eigenvalue weighted by atomic mass is 10.1. The van der Waals surface area contributed by atoms with Crippen LogP contribution in [0.2, 0.25) is 0 Å². The summed E-state index contributed by atoms with van der Waals surface area (Å²) in [6, 6.07) is 16.5. The van der Waals surface area contributed by atoms with Crippen LogP contribution in [0.15, 0.2) is 67.4 Å². The predicted octanol–water partition coefficient (Wildman–Crippen LogP) is 2.39. The molecule has 3 aromatic heterocycles. The predicted molar refractivity (Wildman–Crippen MR) is 159 cm³/mol. The maximum atomic E-state index is 12.5. The Balaban J connectivity index is 1.07. The third-order valence-corrected chi connectivity index (χ3v) is 8.14. The number of aromatic nitrogens is 5. The summed E-state index contributed by atoms with van der Waals surface area (Å²) in [5.41, 5.74) is 4.37. The molecule has 12 heteroatoms. The topological polar surface area (TPSA) is 149 Å². The average Bonchev–Trinajstić information content (AvgIpc) is 3.51. The van der Waals surface area contributed by atoms with Crippen LogP contribution in [0.3, 0.4) is 0 Å². The first-order valence-corrected chi connectivity index (χ1v) is 14.4. The lowest BCUT2D eigenvalue weighted by Crippen LogP contribution is -2.43. The number of hydrogen-bond acceptors (Lipinski definition) is 9. The number of carbonyl (C=O) groups excluding carboxylic acids is 1. The highest BCUT2D eigenvalue weighted by molar-refractivity contribution is 5.85. The highest BCUT2D eigenvalue weighted by atomic mass is 16.6. The van der Waals surface area contributed by atoms with Gasteiger partial charge in [0.2, 0.25) is 0 Å². The van der Waals surface area contributed by atoms with Gasteiger partial charge in [0.15, 0.2) is 29.3 Å². The number of methoxy groups -OCH3 is 1. The number of benzene rings is 2. The number of amides is 1. The number of aliphatic hydroxyl groups is 2. The van der Waals surface area contributed by atoms with Gasteiger partial charge in [0.05, 0.1) is 20.0 Å². The number of aliphatic hydroxyl groups excluding tert-OH is 2. The lowest BCUT2D eigenvalue weighted by Gasteiger charge is -2.16. The van der Waals surface area contributed by atoms with Crippen LogP contribution in [0.1, 0.15) is 30.2 Å². The Kier molecular flexibility index (Phi) is 7.17. The Hall–Kier alpha value is -4.52. The van der Waals surface area contributed by atoms with Gasteiger partial charge in [0, 0.05) is 35.2 Å². The molecule has 1 aliphatic carbocycles. The zero-order chi connectivity index (χ0) is 29.5. The minimum Gasteiger partial charge on any atom is -0.496 e. The molecule has 2 aliphatic rings. The second-order valence-electron chi connectivity index (χ2n) is 11.0. The fourth-order valence-corrected chi connectivity index (χ4v) is 5.77. The van der Waals surface area contributed by atoms with Crippen molar-refractivity contribution < 1.29 is 24.5 Å². The molecule has 0 spiro atoms. The summed E-state index contributed by atoms with van der Waals surface area (Å²) in [7, 11) is 1.69. The zero-order valence-corrected chi connectivity index (χ0v) is 23.6. The molecule has 0 radical (unpaired) electrons. The summed E-state index contributed by atoms with van der Waals surface area (Å²) in [4.78, 5) is 25.8. The number of rotatable bonds is 10. The van der Waals surface area contributed by atoms with Crippen LogP contribution in [0, 0.1) is 0 Å². The maximum Gasteiger partial charge on any atom is 0.252 e. The molecule has 7 rings (SSSR count). The third kappa shape index (κ3) is 5.18. The summed E-state index contributed by atoms with van der Waals surface area (Å²) in [6.45, 7) is 1.28. The van der Waals surface area contributed by atoms with E-state index in [1.165, 1.54) is 28.2 Å². The van der Waals surface area contributed by atoms with Crippen molar-refractivity contribution in [2.75, 3.05) is 19.0 Å². The molecule has 4 heterocycles. The number of anilines is 1. The smallest absolute Gasteiger partial charge is 0.252 e. The van der Waals surface area contributed by atoms with Crippen molar-refractivity contribution in [2.24, 2.45) is 0 Å². The Morgan fingerprint density at radius 1 is 1.05 bits per heavy atom. The van der Waals surface area contributed by atoms with Crippen molar-refractivity contribution in [3.8, 4) is 5.75 Å². The molecular formula is C31H33N7O5. The Labute approximate surface area is 247 Å². The molecule has 1 unspecified atom stereocenters. The van der Waals surface area contributed by atoms with Gasteiger partial charge in [-0.3, -0.25) is 9.36 Å². The number of ether oxygens (including phenoxy) is 2. The van der Waals surface area contributed by atoms with Crippen molar-refractivity contribution in [1.29, 1.82) is 0 Å². The van der Waals surface area contributed by atoms with E-state index >= 15 is 0 Å². The van der Waals surface area contributed by atoms with Gasteiger partial charge >= 0.3 is 0 Å². The second kappa shape index (κ2) is 11.3. The number of carbonyl (C=O) groups is 1. The fraction of sp³-hybridized carbons (Fsp3) is 0.355. The van der Waals surface area contributed by atoms with Crippen LogP contribution in [-0.4, -0.2) is 78.2 Å². The number of nitrogens with zero attached hydrogens (tertiary/aromatic N) is 5. The monoisotopic (exact) mass is 583 g/mol. The molecule has 4 N–H and O–H groups in total. The van der Waals surface area contributed by atoms with E-state index in [0.717, 1.165) is 36.1 Å². The van der Waals surface area contributed by atoms with Crippen LogP contribution in [-0.2, 0) is 22.5 Å². The molecule has 12 nitrogen and oxygen atoms in total. The molecule has 1 aliphatic heterocycles. The van der Waals surface area contributed by atoms with Crippen LogP contribution in [0.5, 0.6) is 5.75 Å². The van der Waals surface area contributed by atoms with Gasteiger partial charge < -0.3 is 34.9 Å². The molecular weight excluding hydrogens is 550 g/mol. The number of nitrogens with one attached hydrogen (secondary N) is 2. The first-order chi connectivity index (χ1) is 21.0. The van der Waals surface area contributed by atoms with E-state index in [-0.39, 0.29) is 6.04 Å². The van der Waals surface area contributed by atoms with Gasteiger partial charge in [-0.25, -0.2) is 15.0 Å². The van der Waals surface area contributed by atoms with E-state index in [4.69, 9.17) is 9.47 Å². The van der Waals surface area contributed by atoms with E-state index in [1.54, 1.807) is 7.11 Å². The molecule has 43 heavy (non-hydrogen) atoms. The van der Waals surface area contributed by atoms with Crippen LogP contribution < -0.4 is 15.4 Å². The van der Waals surface area contributed by atoms with Gasteiger partial charge in [-0.05, 0) is 37.0 Å². The van der Waals surface area contributed by atoms with Crippen LogP contribution in [0.25, 0.3) is 22.1 Å². The number of imidazole rings is 1. The summed E-state index contributed by atoms with van der Waals surface area (Å²) in [6.07, 6.45) is 2.74. The van der Waals surface area contributed by atoms with Crippen molar-refractivity contribution in [3.05, 3.63) is 78.5 Å². The van der Waals surface area contributed by atoms with Crippen molar-refractivity contribution in [1.82, 2.24) is 29.4 Å². The molecule has 4 atom stereocenters. The quantitative estimate of drug-likeness (QED) is 0.194. The van der Waals surface area contributed by atoms with E-state index < -0.39 is 30.4 Å². The molecule has 0 bridgehead atoms. The van der Waals surface area contributed by atoms with Gasteiger partial charge in [-0.15, -0.1) is 0 Å². The Bertz CT molecular complexity index is 1780. The van der Waals surface area contributed by atoms with Crippen molar-refractivity contribution in [3.63, 3.8) is 0 Å². The molecule has 222 valence electrons. The first kappa shape index (κ1) is 27.3. The molecule has 2 fully saturated rings. The summed E-state index contributed by atoms with van der Waals surface area (Å²) in [5.74, 6) is 0.970. The fourth-order valence-electron chi connectivity index (χ4n) is 5.77. The molecule has 1 saturated heterocycles. The number of fused-ring (bicyclic) bond motifs is 2. The number of para-hydroxylation sites is 2. The Morgan fingerprint density at radius 2 is 1.86 bits per heavy atom. The van der Waals surface area contributed by atoms with Gasteiger partial charge in [0.1, 0.15) is 24.3 Å². The molecule has 1 amide bonds. The maximum absolute atomic E-state index is 12.5. The van der Waals surface area contributed by atoms with E-state index in [9.17, 15) is 15.0 Å². The minimum absolute atomic E-state index is 0.110. The highest BCUT2D eigenvalue weighted by Crippen LogP contribution is 2.33. The van der Waals surface area contributed by atoms with Crippen LogP contribution in [0.4, 0.5) is 5.82 Å².